The van der Waals surface area contributed by atoms with Gasteiger partial charge in [0.25, 0.3) is 11.6 Å². The zero-order chi connectivity index (χ0) is 30.4. The molecule has 0 aromatic heterocycles. The number of nitro benzene ring substituents is 1. The lowest BCUT2D eigenvalue weighted by Gasteiger charge is -2.58. The summed E-state index contributed by atoms with van der Waals surface area (Å²) < 4.78 is 0. The van der Waals surface area contributed by atoms with E-state index in [9.17, 15) is 35.0 Å². The molecule has 0 heterocycles. The summed E-state index contributed by atoms with van der Waals surface area (Å²) in [6.07, 6.45) is 10.4. The number of nitrogens with one attached hydrogen (secondary N) is 1. The van der Waals surface area contributed by atoms with Crippen LogP contribution in [0.4, 0.5) is 5.69 Å². The van der Waals surface area contributed by atoms with Crippen molar-refractivity contribution in [3.8, 4) is 0 Å². The largest absolute Gasteiger partial charge is 0.480 e. The van der Waals surface area contributed by atoms with Crippen LogP contribution in [0, 0.1) is 38.7 Å². The van der Waals surface area contributed by atoms with Gasteiger partial charge >= 0.3 is 5.97 Å². The molecule has 1 aromatic carbocycles. The third-order valence-electron chi connectivity index (χ3n) is 10.8. The van der Waals surface area contributed by atoms with Crippen molar-refractivity contribution in [1.82, 2.24) is 5.32 Å². The molecule has 0 spiro atoms. The number of fused-ring (bicyclic) bond motifs is 5. The van der Waals surface area contributed by atoms with Gasteiger partial charge in [-0.2, -0.15) is 0 Å². The summed E-state index contributed by atoms with van der Waals surface area (Å²) in [5.74, 6) is -0.763. The first-order chi connectivity index (χ1) is 19.8. The number of allylic oxidation sites excluding steroid dienone is 4. The molecule has 1 amide bonds. The van der Waals surface area contributed by atoms with Crippen LogP contribution in [0.5, 0.6) is 0 Å². The molecule has 0 bridgehead atoms. The molecule has 226 valence electrons. The molecular weight excluding hydrogens is 542 g/mol. The topological polar surface area (TPSA) is 172 Å². The van der Waals surface area contributed by atoms with Crippen LogP contribution < -0.4 is 5.32 Å². The molecule has 0 radical (unpaired) electrons. The minimum absolute atomic E-state index is 0.0179. The average Bonchev–Trinajstić information content (AvgIpc) is 3.19. The van der Waals surface area contributed by atoms with E-state index in [1.54, 1.807) is 0 Å². The summed E-state index contributed by atoms with van der Waals surface area (Å²) in [6, 6.07) is 3.19. The van der Waals surface area contributed by atoms with Crippen molar-refractivity contribution in [3.05, 3.63) is 63.7 Å². The molecule has 4 N–H and O–H groups in total. The first kappa shape index (κ1) is 29.9. The number of oxime groups is 1. The second-order valence-corrected chi connectivity index (χ2v) is 12.9. The fraction of sp³-hybridized carbons (Fsp3) is 0.581. The number of aliphatic hydroxyl groups excluding tert-OH is 1. The van der Waals surface area contributed by atoms with Gasteiger partial charge in [0.15, 0.2) is 12.6 Å². The summed E-state index contributed by atoms with van der Waals surface area (Å²) in [4.78, 5) is 39.8. The van der Waals surface area contributed by atoms with Crippen molar-refractivity contribution in [2.24, 2.45) is 33.7 Å². The second kappa shape index (κ2) is 10.9. The van der Waals surface area contributed by atoms with E-state index in [0.717, 1.165) is 44.6 Å². The Balaban J connectivity index is 1.20. The maximum absolute atomic E-state index is 12.5. The SMILES string of the molecule is C[C@]12C=C/C(=N/OCC(=O)N[C@@H](C(=O)O)[C@H](O)c3cccc([N+](=O)[O-])c3)C=C1CC[C@@H]1[C@@H]2CC[C@@]2(C)[C@H]1CC[C@]2(C)O. The Morgan fingerprint density at radius 3 is 2.64 bits per heavy atom. The number of nitrogens with zero attached hydrogens (tertiary/aromatic N) is 2. The van der Waals surface area contributed by atoms with E-state index in [1.165, 1.54) is 23.8 Å². The number of benzene rings is 1. The Morgan fingerprint density at radius 2 is 1.93 bits per heavy atom. The first-order valence-electron chi connectivity index (χ1n) is 14.5. The number of carbonyl (C=O) groups is 2. The molecule has 0 unspecified atom stereocenters. The van der Waals surface area contributed by atoms with Gasteiger partial charge in [-0.15, -0.1) is 0 Å². The predicted molar refractivity (Wildman–Crippen MR) is 153 cm³/mol. The summed E-state index contributed by atoms with van der Waals surface area (Å²) in [5.41, 5.74) is 0.745. The Labute approximate surface area is 244 Å². The number of carboxylic acid groups (broad SMARTS) is 1. The first-order valence-corrected chi connectivity index (χ1v) is 14.5. The molecule has 1 aromatic rings. The number of rotatable bonds is 8. The van der Waals surface area contributed by atoms with E-state index < -0.39 is 41.2 Å². The van der Waals surface area contributed by atoms with Crippen LogP contribution in [0.3, 0.4) is 0 Å². The van der Waals surface area contributed by atoms with Gasteiger partial charge in [-0.1, -0.05) is 42.8 Å². The molecule has 0 saturated heterocycles. The molecule has 4 aliphatic rings. The number of non-ortho nitro benzene ring substituents is 1. The number of nitro groups is 1. The third kappa shape index (κ3) is 5.13. The van der Waals surface area contributed by atoms with Crippen LogP contribution in [0.1, 0.15) is 71.0 Å². The van der Waals surface area contributed by atoms with Gasteiger partial charge in [0, 0.05) is 17.5 Å². The van der Waals surface area contributed by atoms with E-state index in [1.807, 2.05) is 19.1 Å². The molecule has 5 rings (SSSR count). The van der Waals surface area contributed by atoms with Crippen molar-refractivity contribution >= 4 is 23.3 Å². The van der Waals surface area contributed by atoms with Crippen LogP contribution in [0.25, 0.3) is 0 Å². The standard InChI is InChI=1S/C31H39N3O8/c1-29-12-9-20(16-19(29)7-8-22-23(29)10-13-30(2)24(22)11-14-31(30,3)39)33-42-17-25(35)32-26(28(37)38)27(36)18-5-4-6-21(15-18)34(40)41/h4-6,9,12,15-16,22-24,26-27,36,39H,7-8,10-11,13-14,17H2,1-3H3,(H,32,35)(H,37,38)/b33-20-/t22-,23+,24+,26-,27-,29+,30+,31+/m1/s1. The van der Waals surface area contributed by atoms with Crippen molar-refractivity contribution < 1.29 is 34.7 Å². The fourth-order valence-electron chi connectivity index (χ4n) is 8.18. The highest BCUT2D eigenvalue weighted by molar-refractivity contribution is 6.05. The van der Waals surface area contributed by atoms with Crippen LogP contribution in [-0.2, 0) is 14.4 Å². The molecule has 8 atom stereocenters. The number of aliphatic carboxylic acids is 1. The molecule has 11 heteroatoms. The molecule has 0 aliphatic heterocycles. The van der Waals surface area contributed by atoms with Gasteiger partial charge in [0.05, 0.1) is 10.5 Å². The maximum Gasteiger partial charge on any atom is 0.329 e. The third-order valence-corrected chi connectivity index (χ3v) is 10.8. The number of amides is 1. The highest BCUT2D eigenvalue weighted by Gasteiger charge is 2.62. The van der Waals surface area contributed by atoms with Crippen molar-refractivity contribution in [3.63, 3.8) is 0 Å². The molecule has 42 heavy (non-hydrogen) atoms. The van der Waals surface area contributed by atoms with E-state index in [-0.39, 0.29) is 22.1 Å². The Kier molecular flexibility index (Phi) is 7.78. The van der Waals surface area contributed by atoms with Crippen LogP contribution in [0.15, 0.2) is 53.2 Å². The molecule has 11 nitrogen and oxygen atoms in total. The van der Waals surface area contributed by atoms with E-state index in [0.29, 0.717) is 23.5 Å². The average molecular weight is 582 g/mol. The molecule has 3 fully saturated rings. The van der Waals surface area contributed by atoms with E-state index in [4.69, 9.17) is 4.84 Å². The van der Waals surface area contributed by atoms with Gasteiger partial charge in [0.2, 0.25) is 0 Å². The van der Waals surface area contributed by atoms with Gasteiger partial charge in [-0.3, -0.25) is 14.9 Å². The van der Waals surface area contributed by atoms with Gasteiger partial charge < -0.3 is 25.5 Å². The fourth-order valence-corrected chi connectivity index (χ4v) is 8.18. The second-order valence-electron chi connectivity index (χ2n) is 12.9. The van der Waals surface area contributed by atoms with Crippen molar-refractivity contribution in [2.45, 2.75) is 77.0 Å². The lowest BCUT2D eigenvalue weighted by atomic mass is 9.47. The highest BCUT2D eigenvalue weighted by atomic mass is 16.6. The summed E-state index contributed by atoms with van der Waals surface area (Å²) in [6.45, 7) is 5.99. The smallest absolute Gasteiger partial charge is 0.329 e. The Hall–Kier alpha value is -3.57. The number of hydrogen-bond acceptors (Lipinski definition) is 8. The van der Waals surface area contributed by atoms with Crippen molar-refractivity contribution in [2.75, 3.05) is 6.61 Å². The normalized spacial score (nSPS) is 35.7. The van der Waals surface area contributed by atoms with Crippen molar-refractivity contribution in [1.29, 1.82) is 0 Å². The minimum atomic E-state index is -1.75. The van der Waals surface area contributed by atoms with E-state index in [2.05, 4.69) is 30.4 Å². The maximum atomic E-state index is 12.5. The molecular formula is C31H39N3O8. The highest BCUT2D eigenvalue weighted by Crippen LogP contribution is 2.66. The lowest BCUT2D eigenvalue weighted by Crippen LogP contribution is -2.53. The zero-order valence-electron chi connectivity index (χ0n) is 24.2. The number of carbonyl (C=O) groups excluding carboxylic acids is 1. The predicted octanol–water partition coefficient (Wildman–Crippen LogP) is 4.06. The number of carboxylic acids is 1. The Bertz CT molecular complexity index is 1370. The Morgan fingerprint density at radius 1 is 1.19 bits per heavy atom. The van der Waals surface area contributed by atoms with Gasteiger partial charge in [-0.05, 0) is 86.3 Å². The van der Waals surface area contributed by atoms with Crippen LogP contribution in [0.2, 0.25) is 0 Å². The van der Waals surface area contributed by atoms with Gasteiger partial charge in [-0.25, -0.2) is 4.79 Å². The molecule has 3 saturated carbocycles. The quantitative estimate of drug-likeness (QED) is 0.263. The summed E-state index contributed by atoms with van der Waals surface area (Å²) >= 11 is 0. The minimum Gasteiger partial charge on any atom is -0.480 e. The van der Waals surface area contributed by atoms with Crippen LogP contribution in [-0.4, -0.2) is 56.1 Å². The monoisotopic (exact) mass is 581 g/mol. The lowest BCUT2D eigenvalue weighted by molar-refractivity contribution is -0.385. The van der Waals surface area contributed by atoms with Gasteiger partial charge in [0.1, 0.15) is 11.8 Å². The molecule has 4 aliphatic carbocycles. The zero-order valence-corrected chi connectivity index (χ0v) is 24.2. The summed E-state index contributed by atoms with van der Waals surface area (Å²) in [7, 11) is 0. The van der Waals surface area contributed by atoms with E-state index >= 15 is 0 Å². The van der Waals surface area contributed by atoms with Crippen LogP contribution >= 0.6 is 0 Å². The number of hydrogen-bond donors (Lipinski definition) is 4. The summed E-state index contributed by atoms with van der Waals surface area (Å²) in [5, 5.41) is 48.5. The number of aliphatic hydroxyl groups is 2.